The predicted molar refractivity (Wildman–Crippen MR) is 131 cm³/mol. The number of likely N-dealkylation sites (N-methyl/N-ethyl adjacent to an activating group) is 1. The third-order valence-corrected chi connectivity index (χ3v) is 7.57. The first-order valence-electron chi connectivity index (χ1n) is 12.6. The van der Waals surface area contributed by atoms with Gasteiger partial charge in [-0.2, -0.15) is 4.39 Å². The quantitative estimate of drug-likeness (QED) is 0.475. The molecule has 1 aromatic carbocycles. The van der Waals surface area contributed by atoms with Crippen LogP contribution in [0.15, 0.2) is 36.5 Å². The number of likely N-dealkylation sites (tertiary alicyclic amines) is 2. The molecule has 4 rings (SSSR count). The minimum atomic E-state index is -1.04. The Bertz CT molecular complexity index is 1110. The Morgan fingerprint density at radius 3 is 2.49 bits per heavy atom. The van der Waals surface area contributed by atoms with Gasteiger partial charge in [-0.25, -0.2) is 13.8 Å². The Morgan fingerprint density at radius 2 is 1.89 bits per heavy atom. The summed E-state index contributed by atoms with van der Waals surface area (Å²) < 4.78 is 46.6. The van der Waals surface area contributed by atoms with Crippen LogP contribution in [0.3, 0.4) is 0 Å². The van der Waals surface area contributed by atoms with E-state index in [0.29, 0.717) is 32.4 Å². The summed E-state index contributed by atoms with van der Waals surface area (Å²) in [6.07, 6.45) is 4.68. The van der Waals surface area contributed by atoms with Crippen molar-refractivity contribution >= 4 is 11.8 Å². The Morgan fingerprint density at radius 1 is 1.14 bits per heavy atom. The average Bonchev–Trinajstić information content (AvgIpc) is 3.32. The Hall–Kier alpha value is -2.98. The van der Waals surface area contributed by atoms with Crippen LogP contribution >= 0.6 is 0 Å². The number of methoxy groups -OCH3 is 1. The van der Waals surface area contributed by atoms with Crippen LogP contribution < -0.4 is 0 Å². The van der Waals surface area contributed by atoms with Gasteiger partial charge in [0.1, 0.15) is 6.04 Å². The van der Waals surface area contributed by atoms with Gasteiger partial charge in [0.05, 0.1) is 5.60 Å². The van der Waals surface area contributed by atoms with E-state index in [2.05, 4.69) is 9.88 Å². The molecule has 2 fully saturated rings. The fourth-order valence-corrected chi connectivity index (χ4v) is 5.32. The normalized spacial score (nSPS) is 18.7. The molecule has 2 aliphatic rings. The summed E-state index contributed by atoms with van der Waals surface area (Å²) in [7, 11) is 3.33. The zero-order chi connectivity index (χ0) is 26.6. The van der Waals surface area contributed by atoms with E-state index in [1.165, 1.54) is 23.2 Å². The standard InChI is InChI=1S/C27H33F3N4O3/c1-32(26(36)25(34-14-3-5-24(34)35)19-6-8-21(28)22(29)17-19)12-4-13-33-15-10-27(37-2,11-16-33)20-7-9-23(30)31-18-20/h6-9,17-18,25H,3-5,10-16H2,1-2H3. The number of carbonyl (C=O) groups is 2. The molecule has 10 heteroatoms. The van der Waals surface area contributed by atoms with Crippen molar-refractivity contribution < 1.29 is 27.5 Å². The fourth-order valence-electron chi connectivity index (χ4n) is 5.32. The molecular weight excluding hydrogens is 485 g/mol. The average molecular weight is 519 g/mol. The largest absolute Gasteiger partial charge is 0.373 e. The molecule has 0 bridgehead atoms. The molecule has 37 heavy (non-hydrogen) atoms. The molecule has 0 N–H and O–H groups in total. The van der Waals surface area contributed by atoms with E-state index in [-0.39, 0.29) is 17.4 Å². The maximum atomic E-state index is 14.0. The highest BCUT2D eigenvalue weighted by Crippen LogP contribution is 2.36. The van der Waals surface area contributed by atoms with Gasteiger partial charge >= 0.3 is 0 Å². The van der Waals surface area contributed by atoms with Crippen molar-refractivity contribution in [3.05, 3.63) is 65.2 Å². The van der Waals surface area contributed by atoms with E-state index in [1.54, 1.807) is 25.1 Å². The molecule has 2 aromatic rings. The maximum Gasteiger partial charge on any atom is 0.249 e. The van der Waals surface area contributed by atoms with Gasteiger partial charge in [-0.05, 0) is 56.0 Å². The number of pyridine rings is 1. The molecule has 3 heterocycles. The molecule has 0 aliphatic carbocycles. The second-order valence-electron chi connectivity index (χ2n) is 9.79. The Balaban J connectivity index is 1.34. The number of halogens is 3. The van der Waals surface area contributed by atoms with E-state index >= 15 is 0 Å². The number of aromatic nitrogens is 1. The van der Waals surface area contributed by atoms with Gasteiger partial charge in [0.2, 0.25) is 17.8 Å². The second-order valence-corrected chi connectivity index (χ2v) is 9.79. The molecule has 0 radical (unpaired) electrons. The van der Waals surface area contributed by atoms with Gasteiger partial charge in [-0.1, -0.05) is 12.1 Å². The maximum absolute atomic E-state index is 14.0. The lowest BCUT2D eigenvalue weighted by atomic mass is 9.85. The van der Waals surface area contributed by atoms with Gasteiger partial charge in [0, 0.05) is 58.5 Å². The Labute approximate surface area is 215 Å². The van der Waals surface area contributed by atoms with Crippen molar-refractivity contribution in [3.63, 3.8) is 0 Å². The van der Waals surface area contributed by atoms with Gasteiger partial charge in [-0.15, -0.1) is 0 Å². The molecule has 1 unspecified atom stereocenters. The number of hydrogen-bond donors (Lipinski definition) is 0. The number of rotatable bonds is 9. The first-order chi connectivity index (χ1) is 17.7. The molecule has 0 saturated carbocycles. The molecule has 2 saturated heterocycles. The summed E-state index contributed by atoms with van der Waals surface area (Å²) in [5.41, 5.74) is 0.637. The van der Waals surface area contributed by atoms with E-state index < -0.39 is 29.2 Å². The summed E-state index contributed by atoms with van der Waals surface area (Å²) in [5, 5.41) is 0. The van der Waals surface area contributed by atoms with Crippen LogP contribution in [0.25, 0.3) is 0 Å². The highest BCUT2D eigenvalue weighted by atomic mass is 19.2. The molecule has 7 nitrogen and oxygen atoms in total. The number of nitrogens with zero attached hydrogens (tertiary/aromatic N) is 4. The van der Waals surface area contributed by atoms with Gasteiger partial charge in [0.25, 0.3) is 0 Å². The van der Waals surface area contributed by atoms with Gasteiger partial charge in [-0.3, -0.25) is 9.59 Å². The Kier molecular flexibility index (Phi) is 8.49. The minimum absolute atomic E-state index is 0.164. The summed E-state index contributed by atoms with van der Waals surface area (Å²) in [6, 6.07) is 5.45. The molecule has 200 valence electrons. The second kappa shape index (κ2) is 11.6. The topological polar surface area (TPSA) is 66.0 Å². The highest BCUT2D eigenvalue weighted by Gasteiger charge is 2.38. The summed E-state index contributed by atoms with van der Waals surface area (Å²) in [6.45, 7) is 3.18. The zero-order valence-corrected chi connectivity index (χ0v) is 21.3. The number of ether oxygens (including phenoxy) is 1. The lowest BCUT2D eigenvalue weighted by Gasteiger charge is -2.41. The highest BCUT2D eigenvalue weighted by molar-refractivity contribution is 5.89. The third-order valence-electron chi connectivity index (χ3n) is 7.57. The first kappa shape index (κ1) is 27.1. The van der Waals surface area contributed by atoms with Crippen LogP contribution in [-0.2, 0) is 19.9 Å². The third kappa shape index (κ3) is 5.96. The predicted octanol–water partition coefficient (Wildman–Crippen LogP) is 3.65. The van der Waals surface area contributed by atoms with Crippen molar-refractivity contribution in [1.82, 2.24) is 19.7 Å². The van der Waals surface area contributed by atoms with Crippen LogP contribution in [0.4, 0.5) is 13.2 Å². The number of benzene rings is 1. The van der Waals surface area contributed by atoms with E-state index in [4.69, 9.17) is 4.74 Å². The molecule has 2 aliphatic heterocycles. The number of carbonyl (C=O) groups excluding carboxylic acids is 2. The van der Waals surface area contributed by atoms with Crippen LogP contribution in [0.2, 0.25) is 0 Å². The van der Waals surface area contributed by atoms with Crippen LogP contribution in [0, 0.1) is 17.6 Å². The molecule has 1 aromatic heterocycles. The van der Waals surface area contributed by atoms with E-state index in [9.17, 15) is 22.8 Å². The summed E-state index contributed by atoms with van der Waals surface area (Å²) in [5.74, 6) is -3.04. The lowest BCUT2D eigenvalue weighted by Crippen LogP contribution is -2.45. The van der Waals surface area contributed by atoms with Crippen LogP contribution in [0.5, 0.6) is 0 Å². The van der Waals surface area contributed by atoms with Crippen molar-refractivity contribution in [2.75, 3.05) is 46.9 Å². The molecule has 1 atom stereocenters. The fraction of sp³-hybridized carbons (Fsp3) is 0.519. The van der Waals surface area contributed by atoms with Gasteiger partial charge < -0.3 is 19.4 Å². The first-order valence-corrected chi connectivity index (χ1v) is 12.6. The summed E-state index contributed by atoms with van der Waals surface area (Å²) >= 11 is 0. The smallest absolute Gasteiger partial charge is 0.249 e. The molecule has 2 amide bonds. The number of hydrogen-bond acceptors (Lipinski definition) is 5. The number of piperidine rings is 1. The SMILES string of the molecule is COC1(c2ccc(F)nc2)CCN(CCCN(C)C(=O)C(c2ccc(F)c(F)c2)N2CCCC2=O)CC1. The number of amides is 2. The monoisotopic (exact) mass is 518 g/mol. The van der Waals surface area contributed by atoms with Gasteiger partial charge in [0.15, 0.2) is 11.6 Å². The van der Waals surface area contributed by atoms with Crippen LogP contribution in [-0.4, -0.2) is 78.4 Å². The van der Waals surface area contributed by atoms with Crippen molar-refractivity contribution in [3.8, 4) is 0 Å². The lowest BCUT2D eigenvalue weighted by molar-refractivity contribution is -0.143. The minimum Gasteiger partial charge on any atom is -0.373 e. The van der Waals surface area contributed by atoms with Crippen molar-refractivity contribution in [2.45, 2.75) is 43.7 Å². The zero-order valence-electron chi connectivity index (χ0n) is 21.3. The molecular formula is C27H33F3N4O3. The summed E-state index contributed by atoms with van der Waals surface area (Å²) in [4.78, 5) is 34.9. The van der Waals surface area contributed by atoms with E-state index in [1.807, 2.05) is 0 Å². The van der Waals surface area contributed by atoms with Crippen LogP contribution in [0.1, 0.15) is 49.3 Å². The van der Waals surface area contributed by atoms with E-state index in [0.717, 1.165) is 50.2 Å². The molecule has 0 spiro atoms. The van der Waals surface area contributed by atoms with Crippen molar-refractivity contribution in [2.24, 2.45) is 0 Å². The van der Waals surface area contributed by atoms with Crippen molar-refractivity contribution in [1.29, 1.82) is 0 Å².